The molecule has 7 heteroatoms. The third-order valence-corrected chi connectivity index (χ3v) is 4.41. The lowest BCUT2D eigenvalue weighted by molar-refractivity contribution is -0.160. The molecule has 7 nitrogen and oxygen atoms in total. The van der Waals surface area contributed by atoms with Gasteiger partial charge in [0.2, 0.25) is 0 Å². The standard InChI is InChI=1S/C24H24O7/c1-15(2)10-13-18-19(29-3)14-17(12-11-16-8-6-5-7-9-16)20(22(25)26)21(18)31-24(28)23(27)30-4/h5-9,11-12,14H,1,10,13H2,2-4H3,(H,25,26). The number of carbonyl (C=O) groups is 3. The van der Waals surface area contributed by atoms with Crippen molar-refractivity contribution in [3.05, 3.63) is 70.8 Å². The number of allylic oxidation sites excluding steroid dienone is 1. The molecule has 0 heterocycles. The smallest absolute Gasteiger partial charge is 0.422 e. The first-order valence-electron chi connectivity index (χ1n) is 9.43. The molecule has 0 amide bonds. The fraction of sp³-hybridized carbons (Fsp3) is 0.208. The highest BCUT2D eigenvalue weighted by atomic mass is 16.6. The summed E-state index contributed by atoms with van der Waals surface area (Å²) in [6, 6.07) is 10.8. The van der Waals surface area contributed by atoms with Crippen LogP contribution in [-0.2, 0) is 20.7 Å². The molecule has 0 aliphatic rings. The second-order valence-electron chi connectivity index (χ2n) is 6.74. The van der Waals surface area contributed by atoms with E-state index in [1.807, 2.05) is 37.3 Å². The summed E-state index contributed by atoms with van der Waals surface area (Å²) >= 11 is 0. The Bertz CT molecular complexity index is 1020. The van der Waals surface area contributed by atoms with Crippen LogP contribution in [0.5, 0.6) is 11.5 Å². The van der Waals surface area contributed by atoms with Gasteiger partial charge in [-0.2, -0.15) is 0 Å². The number of carboxylic acid groups (broad SMARTS) is 1. The molecule has 0 aromatic heterocycles. The molecule has 0 radical (unpaired) electrons. The van der Waals surface area contributed by atoms with Gasteiger partial charge in [0, 0.05) is 5.56 Å². The fourth-order valence-electron chi connectivity index (χ4n) is 2.88. The zero-order valence-electron chi connectivity index (χ0n) is 17.6. The van der Waals surface area contributed by atoms with E-state index in [1.54, 1.807) is 18.2 Å². The lowest BCUT2D eigenvalue weighted by Crippen LogP contribution is -2.23. The van der Waals surface area contributed by atoms with Gasteiger partial charge in [0.05, 0.1) is 14.2 Å². The van der Waals surface area contributed by atoms with Crippen LogP contribution in [0.25, 0.3) is 12.2 Å². The Labute approximate surface area is 180 Å². The average molecular weight is 424 g/mol. The second-order valence-corrected chi connectivity index (χ2v) is 6.74. The number of hydrogen-bond acceptors (Lipinski definition) is 6. The van der Waals surface area contributed by atoms with Crippen molar-refractivity contribution in [3.63, 3.8) is 0 Å². The Morgan fingerprint density at radius 1 is 1.06 bits per heavy atom. The van der Waals surface area contributed by atoms with Crippen molar-refractivity contribution >= 4 is 30.1 Å². The summed E-state index contributed by atoms with van der Waals surface area (Å²) in [5.41, 5.74) is 2.02. The molecule has 162 valence electrons. The van der Waals surface area contributed by atoms with Crippen LogP contribution in [0, 0.1) is 0 Å². The molecule has 0 fully saturated rings. The Morgan fingerprint density at radius 3 is 2.29 bits per heavy atom. The minimum absolute atomic E-state index is 0.250. The summed E-state index contributed by atoms with van der Waals surface area (Å²) in [5, 5.41) is 9.92. The molecule has 0 saturated carbocycles. The van der Waals surface area contributed by atoms with Gasteiger partial charge in [0.15, 0.2) is 5.75 Å². The number of carbonyl (C=O) groups excluding carboxylic acids is 2. The molecule has 1 N–H and O–H groups in total. The molecule has 0 aliphatic carbocycles. The topological polar surface area (TPSA) is 99.1 Å². The number of benzene rings is 2. The number of carboxylic acids is 1. The molecule has 0 saturated heterocycles. The summed E-state index contributed by atoms with van der Waals surface area (Å²) in [6.07, 6.45) is 4.10. The van der Waals surface area contributed by atoms with Gasteiger partial charge < -0.3 is 19.3 Å². The lowest BCUT2D eigenvalue weighted by Gasteiger charge is -2.18. The second kappa shape index (κ2) is 10.8. The third-order valence-electron chi connectivity index (χ3n) is 4.41. The van der Waals surface area contributed by atoms with Gasteiger partial charge in [-0.1, -0.05) is 48.1 Å². The van der Waals surface area contributed by atoms with Crippen molar-refractivity contribution in [1.29, 1.82) is 0 Å². The van der Waals surface area contributed by atoms with E-state index in [1.165, 1.54) is 7.11 Å². The van der Waals surface area contributed by atoms with Crippen LogP contribution in [0.1, 0.15) is 40.4 Å². The first kappa shape index (κ1) is 23.4. The van der Waals surface area contributed by atoms with E-state index in [-0.39, 0.29) is 16.9 Å². The van der Waals surface area contributed by atoms with Crippen molar-refractivity contribution in [1.82, 2.24) is 0 Å². The van der Waals surface area contributed by atoms with Crippen LogP contribution in [0.15, 0.2) is 48.6 Å². The van der Waals surface area contributed by atoms with Crippen LogP contribution in [0.2, 0.25) is 0 Å². The maximum atomic E-state index is 12.2. The normalized spacial score (nSPS) is 10.5. The Morgan fingerprint density at radius 2 is 1.74 bits per heavy atom. The van der Waals surface area contributed by atoms with Crippen LogP contribution in [0.3, 0.4) is 0 Å². The van der Waals surface area contributed by atoms with Crippen LogP contribution in [-0.4, -0.2) is 37.2 Å². The maximum Gasteiger partial charge on any atom is 0.422 e. The quantitative estimate of drug-likeness (QED) is 0.223. The van der Waals surface area contributed by atoms with E-state index in [4.69, 9.17) is 9.47 Å². The molecule has 0 spiro atoms. The maximum absolute atomic E-state index is 12.2. The number of aromatic carboxylic acids is 1. The first-order chi connectivity index (χ1) is 14.8. The number of methoxy groups -OCH3 is 2. The summed E-state index contributed by atoms with van der Waals surface area (Å²) in [4.78, 5) is 35.9. The van der Waals surface area contributed by atoms with Gasteiger partial charge in [-0.05, 0) is 37.0 Å². The minimum atomic E-state index is -1.33. The molecular weight excluding hydrogens is 400 g/mol. The van der Waals surface area contributed by atoms with Gasteiger partial charge in [-0.15, -0.1) is 6.58 Å². The first-order valence-corrected chi connectivity index (χ1v) is 9.43. The van der Waals surface area contributed by atoms with E-state index in [2.05, 4.69) is 11.3 Å². The summed E-state index contributed by atoms with van der Waals surface area (Å²) in [7, 11) is 2.46. The highest BCUT2D eigenvalue weighted by Crippen LogP contribution is 2.38. The summed E-state index contributed by atoms with van der Waals surface area (Å²) in [6.45, 7) is 5.67. The number of ether oxygens (including phenoxy) is 3. The fourth-order valence-corrected chi connectivity index (χ4v) is 2.88. The van der Waals surface area contributed by atoms with Crippen LogP contribution in [0.4, 0.5) is 0 Å². The van der Waals surface area contributed by atoms with Crippen molar-refractivity contribution < 1.29 is 33.7 Å². The monoisotopic (exact) mass is 424 g/mol. The molecule has 0 bridgehead atoms. The molecule has 0 atom stereocenters. The Balaban J connectivity index is 2.70. The van der Waals surface area contributed by atoms with E-state index in [0.717, 1.165) is 18.2 Å². The molecule has 0 unspecified atom stereocenters. The van der Waals surface area contributed by atoms with Gasteiger partial charge in [0.25, 0.3) is 0 Å². The number of rotatable bonds is 8. The Kier molecular flexibility index (Phi) is 8.14. The van der Waals surface area contributed by atoms with Crippen molar-refractivity contribution in [3.8, 4) is 11.5 Å². The van der Waals surface area contributed by atoms with Gasteiger partial charge in [-0.3, -0.25) is 0 Å². The van der Waals surface area contributed by atoms with Crippen LogP contribution < -0.4 is 9.47 Å². The largest absolute Gasteiger partial charge is 0.496 e. The zero-order valence-corrected chi connectivity index (χ0v) is 17.6. The van der Waals surface area contributed by atoms with E-state index in [0.29, 0.717) is 24.2 Å². The van der Waals surface area contributed by atoms with Crippen molar-refractivity contribution in [2.45, 2.75) is 19.8 Å². The number of esters is 2. The lowest BCUT2D eigenvalue weighted by atomic mass is 9.96. The summed E-state index contributed by atoms with van der Waals surface area (Å²) < 4.78 is 15.1. The van der Waals surface area contributed by atoms with E-state index < -0.39 is 17.9 Å². The molecule has 2 aromatic carbocycles. The zero-order chi connectivity index (χ0) is 23.0. The highest BCUT2D eigenvalue weighted by molar-refractivity contribution is 6.30. The van der Waals surface area contributed by atoms with Crippen molar-refractivity contribution in [2.24, 2.45) is 0 Å². The average Bonchev–Trinajstić information content (AvgIpc) is 2.75. The van der Waals surface area contributed by atoms with Crippen LogP contribution >= 0.6 is 0 Å². The minimum Gasteiger partial charge on any atom is -0.496 e. The molecule has 2 aromatic rings. The van der Waals surface area contributed by atoms with Crippen molar-refractivity contribution in [2.75, 3.05) is 14.2 Å². The SMILES string of the molecule is C=C(C)CCc1c(OC)cc(C=Cc2ccccc2)c(C(=O)O)c1OC(=O)C(=O)OC. The molecular formula is C24H24O7. The molecule has 31 heavy (non-hydrogen) atoms. The third kappa shape index (κ3) is 6.05. The predicted molar refractivity (Wildman–Crippen MR) is 116 cm³/mol. The molecule has 2 rings (SSSR count). The predicted octanol–water partition coefficient (Wildman–Crippen LogP) is 4.15. The van der Waals surface area contributed by atoms with Gasteiger partial charge in [0.1, 0.15) is 11.3 Å². The number of hydrogen-bond donors (Lipinski definition) is 1. The Hall–Kier alpha value is -3.87. The van der Waals surface area contributed by atoms with E-state index >= 15 is 0 Å². The van der Waals surface area contributed by atoms with Gasteiger partial charge in [-0.25, -0.2) is 14.4 Å². The van der Waals surface area contributed by atoms with E-state index in [9.17, 15) is 19.5 Å². The highest BCUT2D eigenvalue weighted by Gasteiger charge is 2.28. The van der Waals surface area contributed by atoms with Gasteiger partial charge >= 0.3 is 17.9 Å². The molecule has 0 aliphatic heterocycles. The summed E-state index contributed by atoms with van der Waals surface area (Å²) in [5.74, 6) is -3.82.